The van der Waals surface area contributed by atoms with Crippen LogP contribution in [0.15, 0.2) is 71.9 Å². The molecule has 5 rings (SSSR count). The Morgan fingerprint density at radius 2 is 1.84 bits per heavy atom. The molecule has 0 unspecified atom stereocenters. The molecule has 6 heteroatoms. The van der Waals surface area contributed by atoms with Crippen molar-refractivity contribution in [1.29, 1.82) is 0 Å². The highest BCUT2D eigenvalue weighted by molar-refractivity contribution is 5.95. The van der Waals surface area contributed by atoms with E-state index in [0.717, 1.165) is 36.1 Å². The molecule has 1 saturated carbocycles. The summed E-state index contributed by atoms with van der Waals surface area (Å²) in [6.45, 7) is 2.14. The quantitative estimate of drug-likeness (QED) is 0.510. The fraction of sp³-hybridized carbons (Fsp3) is 0.240. The molecule has 1 fully saturated rings. The molecule has 0 saturated heterocycles. The maximum absolute atomic E-state index is 13.3. The maximum Gasteiger partial charge on any atom is 0.278 e. The number of anilines is 1. The van der Waals surface area contributed by atoms with Crippen molar-refractivity contribution in [3.63, 3.8) is 0 Å². The second-order valence-corrected chi connectivity index (χ2v) is 8.02. The van der Waals surface area contributed by atoms with E-state index in [0.29, 0.717) is 11.0 Å². The summed E-state index contributed by atoms with van der Waals surface area (Å²) in [7, 11) is 0. The standard InChI is InChI=1S/C25H24N4O2/c1-2-17-8-10-19(11-9-17)27-22(30)15-28-14-21(18-6-4-3-5-7-18)23-24(28)25(31)29(16-26-23)20-12-13-20/h3-11,14,16,20H,2,12-13,15H2,1H3,(H,27,30). The van der Waals surface area contributed by atoms with E-state index >= 15 is 0 Å². The van der Waals surface area contributed by atoms with Crippen LogP contribution in [-0.2, 0) is 17.8 Å². The Bertz CT molecular complexity index is 1300. The number of nitrogens with one attached hydrogen (secondary N) is 1. The molecule has 6 nitrogen and oxygen atoms in total. The van der Waals surface area contributed by atoms with Gasteiger partial charge in [0.25, 0.3) is 5.56 Å². The number of aryl methyl sites for hydroxylation is 1. The van der Waals surface area contributed by atoms with Crippen molar-refractivity contribution in [1.82, 2.24) is 14.1 Å². The maximum atomic E-state index is 13.3. The lowest BCUT2D eigenvalue weighted by Crippen LogP contribution is -2.24. The molecule has 2 aromatic carbocycles. The van der Waals surface area contributed by atoms with Gasteiger partial charge in [0.15, 0.2) is 0 Å². The lowest BCUT2D eigenvalue weighted by Gasteiger charge is -2.09. The summed E-state index contributed by atoms with van der Waals surface area (Å²) in [5.74, 6) is -0.179. The molecule has 0 aliphatic heterocycles. The molecule has 1 N–H and O–H groups in total. The highest BCUT2D eigenvalue weighted by atomic mass is 16.2. The monoisotopic (exact) mass is 412 g/mol. The minimum Gasteiger partial charge on any atom is -0.332 e. The lowest BCUT2D eigenvalue weighted by atomic mass is 10.1. The molecule has 0 radical (unpaired) electrons. The summed E-state index contributed by atoms with van der Waals surface area (Å²) in [6, 6.07) is 17.9. The van der Waals surface area contributed by atoms with Gasteiger partial charge in [0.1, 0.15) is 17.6 Å². The van der Waals surface area contributed by atoms with Gasteiger partial charge in [-0.1, -0.05) is 49.4 Å². The van der Waals surface area contributed by atoms with Crippen LogP contribution in [0.2, 0.25) is 0 Å². The van der Waals surface area contributed by atoms with Crippen LogP contribution in [0.25, 0.3) is 22.2 Å². The smallest absolute Gasteiger partial charge is 0.278 e. The van der Waals surface area contributed by atoms with E-state index < -0.39 is 0 Å². The van der Waals surface area contributed by atoms with Crippen molar-refractivity contribution in [2.75, 3.05) is 5.32 Å². The van der Waals surface area contributed by atoms with Gasteiger partial charge in [0.2, 0.25) is 5.91 Å². The summed E-state index contributed by atoms with van der Waals surface area (Å²) in [4.78, 5) is 30.7. The highest BCUT2D eigenvalue weighted by Gasteiger charge is 2.27. The van der Waals surface area contributed by atoms with E-state index in [-0.39, 0.29) is 24.1 Å². The van der Waals surface area contributed by atoms with Gasteiger partial charge in [-0.05, 0) is 42.5 Å². The highest BCUT2D eigenvalue weighted by Crippen LogP contribution is 2.34. The average molecular weight is 412 g/mol. The third-order valence-electron chi connectivity index (χ3n) is 5.78. The third-order valence-corrected chi connectivity index (χ3v) is 5.78. The molecule has 1 aliphatic rings. The van der Waals surface area contributed by atoms with Gasteiger partial charge in [0.05, 0.1) is 6.33 Å². The average Bonchev–Trinajstić information content (AvgIpc) is 3.57. The minimum absolute atomic E-state index is 0.0461. The van der Waals surface area contributed by atoms with Crippen LogP contribution in [0.4, 0.5) is 5.69 Å². The van der Waals surface area contributed by atoms with Crippen molar-refractivity contribution in [2.24, 2.45) is 0 Å². The SMILES string of the molecule is CCc1ccc(NC(=O)Cn2cc(-c3ccccc3)c3ncn(C4CC4)c(=O)c32)cc1. The zero-order chi connectivity index (χ0) is 21.4. The van der Waals surface area contributed by atoms with Crippen molar-refractivity contribution in [2.45, 2.75) is 38.8 Å². The number of carbonyl (C=O) groups excluding carboxylic acids is 1. The Labute approximate surface area is 180 Å². The Balaban J connectivity index is 1.52. The summed E-state index contributed by atoms with van der Waals surface area (Å²) in [5.41, 5.74) is 4.81. The molecule has 4 aromatic rings. The molecule has 31 heavy (non-hydrogen) atoms. The Kier molecular flexibility index (Phi) is 4.90. The van der Waals surface area contributed by atoms with Gasteiger partial charge in [-0.2, -0.15) is 0 Å². The van der Waals surface area contributed by atoms with Crippen molar-refractivity contribution in [3.8, 4) is 11.1 Å². The van der Waals surface area contributed by atoms with Gasteiger partial charge in [-0.15, -0.1) is 0 Å². The van der Waals surface area contributed by atoms with Crippen LogP contribution in [0.3, 0.4) is 0 Å². The fourth-order valence-corrected chi connectivity index (χ4v) is 3.94. The molecule has 2 heterocycles. The zero-order valence-electron chi connectivity index (χ0n) is 17.4. The number of benzene rings is 2. The van der Waals surface area contributed by atoms with Crippen molar-refractivity contribution in [3.05, 3.63) is 83.0 Å². The topological polar surface area (TPSA) is 68.9 Å². The first kappa shape index (κ1) is 19.3. The van der Waals surface area contributed by atoms with E-state index in [4.69, 9.17) is 0 Å². The Morgan fingerprint density at radius 1 is 1.10 bits per heavy atom. The lowest BCUT2D eigenvalue weighted by molar-refractivity contribution is -0.116. The molecule has 0 atom stereocenters. The van der Waals surface area contributed by atoms with Crippen LogP contribution in [0.5, 0.6) is 0 Å². The summed E-state index contributed by atoms with van der Waals surface area (Å²) in [5, 5.41) is 2.94. The Morgan fingerprint density at radius 3 is 2.52 bits per heavy atom. The number of rotatable bonds is 6. The number of hydrogen-bond acceptors (Lipinski definition) is 3. The van der Waals surface area contributed by atoms with Crippen LogP contribution in [0, 0.1) is 0 Å². The number of fused-ring (bicyclic) bond motifs is 1. The molecule has 1 aliphatic carbocycles. The second kappa shape index (κ2) is 7.87. The summed E-state index contributed by atoms with van der Waals surface area (Å²) >= 11 is 0. The van der Waals surface area contributed by atoms with E-state index in [9.17, 15) is 9.59 Å². The van der Waals surface area contributed by atoms with Crippen molar-refractivity contribution < 1.29 is 4.79 Å². The molecule has 1 amide bonds. The molecule has 0 bridgehead atoms. The number of aromatic nitrogens is 3. The van der Waals surface area contributed by atoms with Crippen LogP contribution < -0.4 is 10.9 Å². The predicted molar refractivity (Wildman–Crippen MR) is 122 cm³/mol. The predicted octanol–water partition coefficient (Wildman–Crippen LogP) is 4.40. The van der Waals surface area contributed by atoms with Crippen molar-refractivity contribution >= 4 is 22.6 Å². The number of amides is 1. The first-order chi connectivity index (χ1) is 15.1. The fourth-order valence-electron chi connectivity index (χ4n) is 3.94. The minimum atomic E-state index is -0.179. The van der Waals surface area contributed by atoms with Crippen LogP contribution in [0.1, 0.15) is 31.4 Å². The Hall–Kier alpha value is -3.67. The van der Waals surface area contributed by atoms with Crippen LogP contribution >= 0.6 is 0 Å². The van der Waals surface area contributed by atoms with E-state index in [1.165, 1.54) is 5.56 Å². The second-order valence-electron chi connectivity index (χ2n) is 8.02. The summed E-state index contributed by atoms with van der Waals surface area (Å²) in [6.07, 6.45) is 6.45. The zero-order valence-corrected chi connectivity index (χ0v) is 17.4. The molecule has 0 spiro atoms. The number of carbonyl (C=O) groups is 1. The van der Waals surface area contributed by atoms with Crippen LogP contribution in [-0.4, -0.2) is 20.0 Å². The first-order valence-electron chi connectivity index (χ1n) is 10.7. The third kappa shape index (κ3) is 3.77. The van der Waals surface area contributed by atoms with Gasteiger partial charge < -0.3 is 9.88 Å². The molecule has 2 aromatic heterocycles. The normalized spacial score (nSPS) is 13.5. The number of nitrogens with zero attached hydrogens (tertiary/aromatic N) is 3. The largest absolute Gasteiger partial charge is 0.332 e. The van der Waals surface area contributed by atoms with Gasteiger partial charge in [-0.25, -0.2) is 4.98 Å². The molecular weight excluding hydrogens is 388 g/mol. The van der Waals surface area contributed by atoms with Gasteiger partial charge >= 0.3 is 0 Å². The number of hydrogen-bond donors (Lipinski definition) is 1. The van der Waals surface area contributed by atoms with E-state index in [1.807, 2.05) is 60.8 Å². The summed E-state index contributed by atoms with van der Waals surface area (Å²) < 4.78 is 3.44. The first-order valence-corrected chi connectivity index (χ1v) is 10.7. The molecule has 156 valence electrons. The van der Waals surface area contributed by atoms with Gasteiger partial charge in [0, 0.05) is 23.5 Å². The van der Waals surface area contributed by atoms with E-state index in [2.05, 4.69) is 17.2 Å². The molecular formula is C25H24N4O2. The van der Waals surface area contributed by atoms with Gasteiger partial charge in [-0.3, -0.25) is 14.2 Å². The van der Waals surface area contributed by atoms with E-state index in [1.54, 1.807) is 15.5 Å².